The number of thiocarbonyl (C=S) groups is 1. The number of hydrogen-bond acceptors (Lipinski definition) is 6. The van der Waals surface area contributed by atoms with Crippen molar-refractivity contribution in [3.05, 3.63) is 0 Å². The summed E-state index contributed by atoms with van der Waals surface area (Å²) in [5, 5.41) is 11.7. The Morgan fingerprint density at radius 2 is 2.14 bits per heavy atom. The van der Waals surface area contributed by atoms with Crippen molar-refractivity contribution in [2.45, 2.75) is 6.92 Å². The minimum Gasteiger partial charge on any atom is -0.548 e. The van der Waals surface area contributed by atoms with Gasteiger partial charge in [-0.2, -0.15) is 0 Å². The molecule has 0 radical (unpaired) electrons. The van der Waals surface area contributed by atoms with E-state index in [1.165, 1.54) is 0 Å². The molecule has 0 aliphatic rings. The monoisotopic (exact) mass is 261 g/mol. The van der Waals surface area contributed by atoms with Gasteiger partial charge in [0.05, 0.1) is 19.1 Å². The number of thioether (sulfide) groups is 1. The van der Waals surface area contributed by atoms with Crippen LogP contribution in [0.1, 0.15) is 6.92 Å². The fraction of sp³-hybridized carbons (Fsp3) is 0.500. The molecule has 0 saturated heterocycles. The molecule has 0 spiro atoms. The van der Waals surface area contributed by atoms with E-state index in [4.69, 9.17) is 0 Å². The Balaban J connectivity index is 0. The second-order valence-electron chi connectivity index (χ2n) is 1.80. The molecule has 0 bridgehead atoms. The zero-order chi connectivity index (χ0) is 10.3. The standard InChI is InChI=1S/C6H9NO4S2.K/c1-2-11-6(10)13-5(12)7-3-4(8)9;/h2-3H2,1H3,(H,7,12)(H,8,9);/q;+1/p-1. The van der Waals surface area contributed by atoms with Gasteiger partial charge in [-0.05, 0) is 6.92 Å². The van der Waals surface area contributed by atoms with Crippen LogP contribution in [0.2, 0.25) is 0 Å². The second kappa shape index (κ2) is 10.3. The van der Waals surface area contributed by atoms with E-state index in [1.807, 2.05) is 0 Å². The van der Waals surface area contributed by atoms with Gasteiger partial charge in [0.1, 0.15) is 4.32 Å². The van der Waals surface area contributed by atoms with Gasteiger partial charge in [0.25, 0.3) is 0 Å². The molecule has 0 aliphatic carbocycles. The average molecular weight is 261 g/mol. The average Bonchev–Trinajstić information content (AvgIpc) is 2.01. The Morgan fingerprint density at radius 3 is 2.57 bits per heavy atom. The molecule has 0 atom stereocenters. The molecule has 0 rings (SSSR count). The zero-order valence-electron chi connectivity index (χ0n) is 7.86. The summed E-state index contributed by atoms with van der Waals surface area (Å²) in [5.74, 6) is -1.29. The van der Waals surface area contributed by atoms with E-state index in [-0.39, 0.29) is 62.3 Å². The normalized spacial score (nSPS) is 8.36. The minimum atomic E-state index is -1.29. The maximum absolute atomic E-state index is 10.7. The molecule has 0 heterocycles. The van der Waals surface area contributed by atoms with Crippen LogP contribution in [0, 0.1) is 0 Å². The summed E-state index contributed by atoms with van der Waals surface area (Å²) in [4.78, 5) is 20.7. The molecule has 0 aromatic rings. The minimum absolute atomic E-state index is 0. The van der Waals surface area contributed by atoms with Gasteiger partial charge < -0.3 is 20.0 Å². The molecule has 8 heteroatoms. The topological polar surface area (TPSA) is 78.5 Å². The maximum Gasteiger partial charge on any atom is 1.00 e. The van der Waals surface area contributed by atoms with E-state index in [1.54, 1.807) is 6.92 Å². The maximum atomic E-state index is 10.7. The molecule has 0 aromatic heterocycles. The summed E-state index contributed by atoms with van der Waals surface area (Å²) in [7, 11) is 0. The van der Waals surface area contributed by atoms with E-state index in [0.29, 0.717) is 11.8 Å². The van der Waals surface area contributed by atoms with Crippen LogP contribution >= 0.6 is 24.0 Å². The molecule has 0 aliphatic heterocycles. The molecule has 14 heavy (non-hydrogen) atoms. The summed E-state index contributed by atoms with van der Waals surface area (Å²) < 4.78 is 4.61. The van der Waals surface area contributed by atoms with E-state index < -0.39 is 17.8 Å². The SMILES string of the molecule is CCOC(=O)SC(=S)NCC(=O)[O-].[K+]. The number of carbonyl (C=O) groups is 2. The van der Waals surface area contributed by atoms with Gasteiger partial charge in [0, 0.05) is 11.8 Å². The number of ether oxygens (including phenoxy) is 1. The summed E-state index contributed by atoms with van der Waals surface area (Å²) in [6.45, 7) is 1.51. The van der Waals surface area contributed by atoms with Gasteiger partial charge in [-0.3, -0.25) is 0 Å². The van der Waals surface area contributed by atoms with Crippen molar-refractivity contribution in [3.63, 3.8) is 0 Å². The number of nitrogens with one attached hydrogen (secondary N) is 1. The molecule has 1 N–H and O–H groups in total. The van der Waals surface area contributed by atoms with Gasteiger partial charge >= 0.3 is 56.7 Å². The van der Waals surface area contributed by atoms with Crippen molar-refractivity contribution in [2.24, 2.45) is 0 Å². The Labute approximate surface area is 134 Å². The van der Waals surface area contributed by atoms with Crippen molar-refractivity contribution >= 4 is 39.6 Å². The number of carboxylic acids is 1. The number of rotatable bonds is 3. The van der Waals surface area contributed by atoms with Gasteiger partial charge in [0.15, 0.2) is 0 Å². The van der Waals surface area contributed by atoms with Crippen LogP contribution in [-0.2, 0) is 9.53 Å². The smallest absolute Gasteiger partial charge is 0.548 e. The van der Waals surface area contributed by atoms with E-state index in [9.17, 15) is 14.7 Å². The van der Waals surface area contributed by atoms with Crippen LogP contribution < -0.4 is 61.8 Å². The third kappa shape index (κ3) is 10.9. The van der Waals surface area contributed by atoms with Gasteiger partial charge in [-0.25, -0.2) is 4.79 Å². The van der Waals surface area contributed by atoms with Crippen molar-refractivity contribution in [1.82, 2.24) is 5.32 Å². The molecular formula is C6H8KNO4S2. The Hall–Kier alpha value is 0.816. The molecule has 74 valence electrons. The largest absolute Gasteiger partial charge is 1.00 e. The fourth-order valence-corrected chi connectivity index (χ4v) is 1.15. The van der Waals surface area contributed by atoms with Gasteiger partial charge in [-0.1, -0.05) is 12.2 Å². The second-order valence-corrected chi connectivity index (χ2v) is 3.41. The summed E-state index contributed by atoms with van der Waals surface area (Å²) in [6, 6.07) is 0. The molecular weight excluding hydrogens is 253 g/mol. The summed E-state index contributed by atoms with van der Waals surface area (Å²) >= 11 is 5.26. The van der Waals surface area contributed by atoms with Crippen molar-refractivity contribution in [3.8, 4) is 0 Å². The first-order valence-corrected chi connectivity index (χ1v) is 4.61. The number of hydrogen-bond donors (Lipinski definition) is 1. The first-order chi connectivity index (χ1) is 6.06. The Bertz CT molecular complexity index is 224. The van der Waals surface area contributed by atoms with Crippen LogP contribution in [0.3, 0.4) is 0 Å². The molecule has 0 saturated carbocycles. The van der Waals surface area contributed by atoms with Crippen molar-refractivity contribution in [1.29, 1.82) is 0 Å². The predicted molar refractivity (Wildman–Crippen MR) is 50.2 cm³/mol. The predicted octanol–water partition coefficient (Wildman–Crippen LogP) is -3.50. The fourth-order valence-electron chi connectivity index (χ4n) is 0.403. The molecule has 0 fully saturated rings. The van der Waals surface area contributed by atoms with E-state index in [0.717, 1.165) is 0 Å². The third-order valence-corrected chi connectivity index (χ3v) is 1.82. The van der Waals surface area contributed by atoms with Crippen LogP contribution in [0.25, 0.3) is 0 Å². The zero-order valence-corrected chi connectivity index (χ0v) is 12.6. The Morgan fingerprint density at radius 1 is 1.57 bits per heavy atom. The quantitative estimate of drug-likeness (QED) is 0.321. The van der Waals surface area contributed by atoms with Crippen LogP contribution in [0.4, 0.5) is 4.79 Å². The van der Waals surface area contributed by atoms with Crippen LogP contribution in [0.5, 0.6) is 0 Å². The van der Waals surface area contributed by atoms with Gasteiger partial charge in [0.2, 0.25) is 0 Å². The van der Waals surface area contributed by atoms with Gasteiger partial charge in [-0.15, -0.1) is 0 Å². The summed E-state index contributed by atoms with van der Waals surface area (Å²) in [5.41, 5.74) is 0. The van der Waals surface area contributed by atoms with Crippen molar-refractivity contribution < 1.29 is 70.8 Å². The van der Waals surface area contributed by atoms with Crippen LogP contribution in [-0.4, -0.2) is 28.7 Å². The molecule has 5 nitrogen and oxygen atoms in total. The number of carboxylic acid groups (broad SMARTS) is 1. The van der Waals surface area contributed by atoms with Crippen LogP contribution in [0.15, 0.2) is 0 Å². The third-order valence-electron chi connectivity index (χ3n) is 0.815. The number of carbonyl (C=O) groups excluding carboxylic acids is 2. The first kappa shape index (κ1) is 17.2. The molecule has 0 unspecified atom stereocenters. The number of aliphatic carboxylic acids is 1. The molecule has 0 aromatic carbocycles. The van der Waals surface area contributed by atoms with E-state index >= 15 is 0 Å². The van der Waals surface area contributed by atoms with Crippen molar-refractivity contribution in [2.75, 3.05) is 13.2 Å². The summed E-state index contributed by atoms with van der Waals surface area (Å²) in [6.07, 6.45) is 0. The first-order valence-electron chi connectivity index (χ1n) is 3.38. The molecule has 0 amide bonds. The Kier molecular flexibility index (Phi) is 12.7. The van der Waals surface area contributed by atoms with E-state index in [2.05, 4.69) is 22.3 Å².